The molecule has 0 unspecified atom stereocenters. The molecule has 0 atom stereocenters. The molecule has 0 saturated heterocycles. The summed E-state index contributed by atoms with van der Waals surface area (Å²) in [5.41, 5.74) is 9.64. The molecule has 0 amide bonds. The number of hydrogen-bond donors (Lipinski definition) is 0. The fourth-order valence-electron chi connectivity index (χ4n) is 6.44. The van der Waals surface area contributed by atoms with Crippen LogP contribution in [0.25, 0.3) is 61.4 Å². The Labute approximate surface area is 287 Å². The number of nitrogens with zero attached hydrogens (tertiary/aromatic N) is 5. The highest BCUT2D eigenvalue weighted by Crippen LogP contribution is 2.40. The molecule has 0 bridgehead atoms. The average molecular weight is 636 g/mol. The van der Waals surface area contributed by atoms with Gasteiger partial charge in [0.1, 0.15) is 6.07 Å². The average Bonchev–Trinajstić information content (AvgIpc) is 3.44. The number of fused-ring (bicyclic) bond motifs is 3. The van der Waals surface area contributed by atoms with Crippen LogP contribution in [0.2, 0.25) is 0 Å². The molecule has 2 heterocycles. The smallest absolute Gasteiger partial charge is 0.160 e. The second-order valence-corrected chi connectivity index (χ2v) is 14.6. The lowest BCUT2D eigenvalue weighted by Crippen LogP contribution is -2.10. The van der Waals surface area contributed by atoms with Crippen LogP contribution in [-0.4, -0.2) is 14.5 Å². The van der Waals surface area contributed by atoms with Crippen molar-refractivity contribution in [3.63, 3.8) is 0 Å². The molecule has 7 aromatic rings. The first-order chi connectivity index (χ1) is 23.5. The van der Waals surface area contributed by atoms with E-state index in [-0.39, 0.29) is 10.8 Å². The van der Waals surface area contributed by atoms with Crippen LogP contribution in [0, 0.1) is 22.7 Å². The minimum absolute atomic E-state index is 0.0353. The number of nitriles is 2. The highest BCUT2D eigenvalue weighted by Gasteiger charge is 2.23. The number of hydrogen-bond acceptors (Lipinski definition) is 4. The van der Waals surface area contributed by atoms with Gasteiger partial charge in [-0.05, 0) is 64.4 Å². The van der Waals surface area contributed by atoms with Crippen LogP contribution >= 0.6 is 0 Å². The van der Waals surface area contributed by atoms with Gasteiger partial charge in [0.15, 0.2) is 5.82 Å². The largest absolute Gasteiger partial charge is 0.308 e. The summed E-state index contributed by atoms with van der Waals surface area (Å²) in [6, 6.07) is 43.4. The Morgan fingerprint density at radius 3 is 1.55 bits per heavy atom. The number of rotatable bonds is 4. The molecule has 238 valence electrons. The lowest BCUT2D eigenvalue weighted by molar-refractivity contribution is 0.590. The Balaban J connectivity index is 1.50. The first-order valence-electron chi connectivity index (χ1n) is 16.5. The Hall–Kier alpha value is -6.04. The van der Waals surface area contributed by atoms with Crippen LogP contribution in [0.15, 0.2) is 115 Å². The van der Waals surface area contributed by atoms with E-state index in [2.05, 4.69) is 94.6 Å². The van der Waals surface area contributed by atoms with Crippen molar-refractivity contribution in [1.82, 2.24) is 14.5 Å². The normalized spacial score (nSPS) is 11.8. The van der Waals surface area contributed by atoms with Crippen molar-refractivity contribution >= 4 is 21.8 Å². The Morgan fingerprint density at radius 2 is 1.04 bits per heavy atom. The van der Waals surface area contributed by atoms with Gasteiger partial charge in [-0.2, -0.15) is 10.5 Å². The molecule has 5 heteroatoms. The topological polar surface area (TPSA) is 78.3 Å². The fourth-order valence-corrected chi connectivity index (χ4v) is 6.44. The third-order valence-electron chi connectivity index (χ3n) is 9.22. The maximum absolute atomic E-state index is 10.7. The predicted molar refractivity (Wildman–Crippen MR) is 200 cm³/mol. The molecule has 0 aliphatic rings. The summed E-state index contributed by atoms with van der Waals surface area (Å²) in [5.74, 6) is 0.551. The van der Waals surface area contributed by atoms with Crippen molar-refractivity contribution in [2.45, 2.75) is 52.4 Å². The van der Waals surface area contributed by atoms with Crippen molar-refractivity contribution in [2.75, 3.05) is 0 Å². The predicted octanol–water partition coefficient (Wildman–Crippen LogP) is 10.9. The summed E-state index contributed by atoms with van der Waals surface area (Å²) < 4.78 is 2.14. The summed E-state index contributed by atoms with van der Waals surface area (Å²) in [6.07, 6.45) is 0. The summed E-state index contributed by atoms with van der Waals surface area (Å²) in [5, 5.41) is 23.6. The standard InChI is InChI=1S/C44H37N5/c1-43(2,3)32-17-19-39-35(23-32)36-24-33(44(4,5)6)18-20-40(36)49(39)41-22-30(26-45)34(21-31(41)27-46)38-25-37(28-13-9-7-10-14-28)47-42(48-38)29-15-11-8-12-16-29/h7-25H,1-6H3. The molecule has 0 fully saturated rings. The molecule has 0 saturated carbocycles. The summed E-state index contributed by atoms with van der Waals surface area (Å²) in [4.78, 5) is 9.87. The minimum Gasteiger partial charge on any atom is -0.308 e. The summed E-state index contributed by atoms with van der Waals surface area (Å²) in [7, 11) is 0. The molecule has 0 aliphatic carbocycles. The van der Waals surface area contributed by atoms with Gasteiger partial charge in [-0.3, -0.25) is 0 Å². The molecule has 0 radical (unpaired) electrons. The van der Waals surface area contributed by atoms with Crippen LogP contribution in [-0.2, 0) is 10.8 Å². The second kappa shape index (κ2) is 11.9. The first-order valence-corrected chi connectivity index (χ1v) is 16.5. The van der Waals surface area contributed by atoms with Gasteiger partial charge in [-0.1, -0.05) is 114 Å². The van der Waals surface area contributed by atoms with Crippen molar-refractivity contribution in [3.8, 4) is 51.7 Å². The van der Waals surface area contributed by atoms with E-state index in [1.807, 2.05) is 78.9 Å². The van der Waals surface area contributed by atoms with Gasteiger partial charge < -0.3 is 4.57 Å². The molecular weight excluding hydrogens is 599 g/mol. The second-order valence-electron chi connectivity index (χ2n) is 14.6. The Bertz CT molecular complexity index is 2330. The number of benzene rings is 5. The molecule has 5 aromatic carbocycles. The van der Waals surface area contributed by atoms with Crippen LogP contribution in [0.4, 0.5) is 0 Å². The van der Waals surface area contributed by atoms with E-state index >= 15 is 0 Å². The van der Waals surface area contributed by atoms with Gasteiger partial charge in [0.25, 0.3) is 0 Å². The third kappa shape index (κ3) is 5.75. The maximum atomic E-state index is 10.7. The quantitative estimate of drug-likeness (QED) is 0.193. The van der Waals surface area contributed by atoms with E-state index in [4.69, 9.17) is 9.97 Å². The molecule has 0 aliphatic heterocycles. The van der Waals surface area contributed by atoms with E-state index in [1.54, 1.807) is 0 Å². The zero-order valence-corrected chi connectivity index (χ0v) is 28.7. The lowest BCUT2D eigenvalue weighted by Gasteiger charge is -2.19. The van der Waals surface area contributed by atoms with Gasteiger partial charge in [-0.15, -0.1) is 0 Å². The minimum atomic E-state index is -0.0353. The van der Waals surface area contributed by atoms with Gasteiger partial charge in [0.05, 0.1) is 45.3 Å². The summed E-state index contributed by atoms with van der Waals surface area (Å²) >= 11 is 0. The molecule has 49 heavy (non-hydrogen) atoms. The molecule has 2 aromatic heterocycles. The van der Waals surface area contributed by atoms with E-state index in [0.717, 1.165) is 38.6 Å². The summed E-state index contributed by atoms with van der Waals surface area (Å²) in [6.45, 7) is 13.3. The van der Waals surface area contributed by atoms with Crippen LogP contribution < -0.4 is 0 Å². The van der Waals surface area contributed by atoms with E-state index in [1.165, 1.54) is 11.1 Å². The first kappa shape index (κ1) is 31.6. The lowest BCUT2D eigenvalue weighted by atomic mass is 9.85. The molecule has 7 rings (SSSR count). The van der Waals surface area contributed by atoms with E-state index < -0.39 is 0 Å². The van der Waals surface area contributed by atoms with E-state index in [0.29, 0.717) is 33.9 Å². The van der Waals surface area contributed by atoms with Crippen LogP contribution in [0.3, 0.4) is 0 Å². The zero-order chi connectivity index (χ0) is 34.5. The van der Waals surface area contributed by atoms with Gasteiger partial charge >= 0.3 is 0 Å². The van der Waals surface area contributed by atoms with Crippen molar-refractivity contribution in [3.05, 3.63) is 138 Å². The molecular formula is C44H37N5. The highest BCUT2D eigenvalue weighted by molar-refractivity contribution is 6.10. The van der Waals surface area contributed by atoms with Crippen LogP contribution in [0.1, 0.15) is 63.8 Å². The van der Waals surface area contributed by atoms with Crippen molar-refractivity contribution in [1.29, 1.82) is 10.5 Å². The van der Waals surface area contributed by atoms with E-state index in [9.17, 15) is 10.5 Å². The molecule has 0 N–H and O–H groups in total. The number of aromatic nitrogens is 3. The molecule has 0 spiro atoms. The Morgan fingerprint density at radius 1 is 0.531 bits per heavy atom. The van der Waals surface area contributed by atoms with Gasteiger partial charge in [0.2, 0.25) is 0 Å². The van der Waals surface area contributed by atoms with Gasteiger partial charge in [-0.25, -0.2) is 9.97 Å². The Kier molecular flexibility index (Phi) is 7.65. The zero-order valence-electron chi connectivity index (χ0n) is 28.7. The SMILES string of the molecule is CC(C)(C)c1ccc2c(c1)c1cc(C(C)(C)C)ccc1n2-c1cc(C#N)c(-c2cc(-c3ccccc3)nc(-c3ccccc3)n2)cc1C#N. The van der Waals surface area contributed by atoms with Crippen LogP contribution in [0.5, 0.6) is 0 Å². The monoisotopic (exact) mass is 635 g/mol. The van der Waals surface area contributed by atoms with Crippen molar-refractivity contribution in [2.24, 2.45) is 0 Å². The van der Waals surface area contributed by atoms with Gasteiger partial charge in [0, 0.05) is 27.5 Å². The maximum Gasteiger partial charge on any atom is 0.160 e. The fraction of sp³-hybridized carbons (Fsp3) is 0.182. The van der Waals surface area contributed by atoms with Crippen molar-refractivity contribution < 1.29 is 0 Å². The third-order valence-corrected chi connectivity index (χ3v) is 9.22. The molecule has 5 nitrogen and oxygen atoms in total. The highest BCUT2D eigenvalue weighted by atomic mass is 15.0.